The van der Waals surface area contributed by atoms with Crippen LogP contribution >= 0.6 is 0 Å². The molecule has 0 amide bonds. The number of benzene rings is 1. The zero-order chi connectivity index (χ0) is 22.4. The maximum atomic E-state index is 12.7. The Hall–Kier alpha value is -3.95. The molecule has 0 aromatic heterocycles. The van der Waals surface area contributed by atoms with Crippen molar-refractivity contribution in [3.8, 4) is 17.2 Å². The zero-order valence-electron chi connectivity index (χ0n) is 17.0. The van der Waals surface area contributed by atoms with E-state index in [2.05, 4.69) is 0 Å². The monoisotopic (exact) mass is 419 g/mol. The fourth-order valence-electron chi connectivity index (χ4n) is 2.88. The third-order valence-corrected chi connectivity index (χ3v) is 4.16. The number of nitrogens with zero attached hydrogens (tertiary/aromatic N) is 1. The topological polar surface area (TPSA) is 121 Å². The van der Waals surface area contributed by atoms with Gasteiger partial charge in [-0.05, 0) is 12.2 Å². The van der Waals surface area contributed by atoms with Gasteiger partial charge in [0.05, 0.1) is 46.7 Å². The number of carboxylic acid groups (broad SMARTS) is 1. The highest BCUT2D eigenvalue weighted by atomic mass is 16.5. The number of aromatic carboxylic acids is 1. The predicted octanol–water partition coefficient (Wildman–Crippen LogP) is 1.90. The average Bonchev–Trinajstić information content (AvgIpc) is 2.98. The lowest BCUT2D eigenvalue weighted by atomic mass is 10.1. The van der Waals surface area contributed by atoms with Crippen molar-refractivity contribution in [2.24, 2.45) is 0 Å². The van der Waals surface area contributed by atoms with E-state index in [1.54, 1.807) is 0 Å². The minimum Gasteiger partial charge on any atom is -0.493 e. The number of ether oxygens (including phenoxy) is 5. The lowest BCUT2D eigenvalue weighted by Crippen LogP contribution is -2.28. The van der Waals surface area contributed by atoms with Gasteiger partial charge in [-0.25, -0.2) is 14.4 Å². The summed E-state index contributed by atoms with van der Waals surface area (Å²) in [5.74, 6) is -2.90. The number of methoxy groups -OCH3 is 5. The summed E-state index contributed by atoms with van der Waals surface area (Å²) >= 11 is 0. The first kappa shape index (κ1) is 22.3. The summed E-state index contributed by atoms with van der Waals surface area (Å²) in [5, 5.41) is 9.83. The number of anilines is 1. The van der Waals surface area contributed by atoms with Crippen molar-refractivity contribution in [1.82, 2.24) is 0 Å². The van der Waals surface area contributed by atoms with Crippen LogP contribution in [0, 0.1) is 0 Å². The molecule has 10 nitrogen and oxygen atoms in total. The van der Waals surface area contributed by atoms with Gasteiger partial charge in [0.1, 0.15) is 11.4 Å². The number of carboxylic acids is 1. The van der Waals surface area contributed by atoms with Crippen LogP contribution in [0.1, 0.15) is 10.4 Å². The van der Waals surface area contributed by atoms with Gasteiger partial charge in [-0.2, -0.15) is 0 Å². The second-order valence-corrected chi connectivity index (χ2v) is 5.66. The molecule has 0 spiro atoms. The Balaban J connectivity index is 2.99. The Morgan fingerprint density at radius 2 is 1.50 bits per heavy atom. The second kappa shape index (κ2) is 9.50. The molecule has 0 saturated heterocycles. The summed E-state index contributed by atoms with van der Waals surface area (Å²) in [4.78, 5) is 38.2. The number of rotatable bonds is 7. The standard InChI is InChI=1S/C20H21NO9/c1-26-13-10-12(18(22)23)14(17(28-3)16(13)27-2)21-9-7-6-8-11(19(24)29-4)15(21)20(25)30-5/h6-10H,1-5H3,(H,22,23). The molecule has 1 aromatic carbocycles. The van der Waals surface area contributed by atoms with Gasteiger partial charge in [0.15, 0.2) is 11.5 Å². The molecule has 30 heavy (non-hydrogen) atoms. The molecule has 0 aliphatic carbocycles. The maximum Gasteiger partial charge on any atom is 0.355 e. The highest BCUT2D eigenvalue weighted by Gasteiger charge is 2.34. The summed E-state index contributed by atoms with van der Waals surface area (Å²) in [5.41, 5.74) is -0.782. The molecule has 1 heterocycles. The first-order valence-corrected chi connectivity index (χ1v) is 8.47. The lowest BCUT2D eigenvalue weighted by molar-refractivity contribution is -0.139. The van der Waals surface area contributed by atoms with Gasteiger partial charge in [-0.15, -0.1) is 0 Å². The van der Waals surface area contributed by atoms with Crippen molar-refractivity contribution in [2.45, 2.75) is 0 Å². The average molecular weight is 419 g/mol. The molecule has 1 aliphatic rings. The molecule has 0 atom stereocenters. The molecule has 10 heteroatoms. The molecule has 0 fully saturated rings. The number of allylic oxidation sites excluding steroid dienone is 2. The van der Waals surface area contributed by atoms with Crippen LogP contribution in [0.15, 0.2) is 41.8 Å². The SMILES string of the molecule is COC(=O)C1=C(C(=O)OC)N(c2c(C(=O)O)cc(OC)c(OC)c2OC)C=CC=C1. The Morgan fingerprint density at radius 3 is 2.00 bits per heavy atom. The minimum atomic E-state index is -1.33. The molecular formula is C20H21NO9. The Labute approximate surface area is 172 Å². The summed E-state index contributed by atoms with van der Waals surface area (Å²) in [6.07, 6.45) is 5.72. The largest absolute Gasteiger partial charge is 0.493 e. The highest BCUT2D eigenvalue weighted by Crippen LogP contribution is 2.48. The van der Waals surface area contributed by atoms with Crippen LogP contribution in [0.2, 0.25) is 0 Å². The number of hydrogen-bond donors (Lipinski definition) is 1. The molecule has 1 aromatic rings. The maximum absolute atomic E-state index is 12.7. The van der Waals surface area contributed by atoms with E-state index in [0.717, 1.165) is 14.2 Å². The minimum absolute atomic E-state index is 0.0357. The highest BCUT2D eigenvalue weighted by molar-refractivity contribution is 6.08. The molecule has 0 saturated carbocycles. The van der Waals surface area contributed by atoms with E-state index in [1.807, 2.05) is 0 Å². The van der Waals surface area contributed by atoms with Gasteiger partial charge in [0.2, 0.25) is 5.75 Å². The van der Waals surface area contributed by atoms with Crippen molar-refractivity contribution >= 4 is 23.6 Å². The van der Waals surface area contributed by atoms with Crippen LogP contribution in [-0.4, -0.2) is 58.6 Å². The fourth-order valence-corrected chi connectivity index (χ4v) is 2.88. The Morgan fingerprint density at radius 1 is 0.867 bits per heavy atom. The smallest absolute Gasteiger partial charge is 0.355 e. The number of carbonyl (C=O) groups is 3. The normalized spacial score (nSPS) is 12.9. The van der Waals surface area contributed by atoms with E-state index in [9.17, 15) is 19.5 Å². The van der Waals surface area contributed by atoms with Crippen LogP contribution in [0.5, 0.6) is 17.2 Å². The summed E-state index contributed by atoms with van der Waals surface area (Å²) in [7, 11) is 6.27. The summed E-state index contributed by atoms with van der Waals surface area (Å²) in [6.45, 7) is 0. The Kier molecular flexibility index (Phi) is 7.08. The first-order valence-electron chi connectivity index (χ1n) is 8.47. The van der Waals surface area contributed by atoms with E-state index in [1.165, 1.54) is 56.7 Å². The van der Waals surface area contributed by atoms with Gasteiger partial charge in [0.25, 0.3) is 0 Å². The fraction of sp³-hybridized carbons (Fsp3) is 0.250. The quantitative estimate of drug-likeness (QED) is 0.656. The van der Waals surface area contributed by atoms with Gasteiger partial charge in [-0.3, -0.25) is 0 Å². The molecule has 1 aliphatic heterocycles. The third kappa shape index (κ3) is 3.93. The molecule has 160 valence electrons. The van der Waals surface area contributed by atoms with E-state index in [-0.39, 0.29) is 39.8 Å². The molecule has 0 unspecified atom stereocenters. The van der Waals surface area contributed by atoms with E-state index in [0.29, 0.717) is 0 Å². The van der Waals surface area contributed by atoms with Crippen molar-refractivity contribution in [3.63, 3.8) is 0 Å². The van der Waals surface area contributed by atoms with Crippen LogP contribution < -0.4 is 19.1 Å². The van der Waals surface area contributed by atoms with Gasteiger partial charge in [-0.1, -0.05) is 6.08 Å². The number of carbonyl (C=O) groups excluding carboxylic acids is 2. The molecule has 1 N–H and O–H groups in total. The van der Waals surface area contributed by atoms with E-state index < -0.39 is 17.9 Å². The van der Waals surface area contributed by atoms with Crippen molar-refractivity contribution < 1.29 is 43.2 Å². The lowest BCUT2D eigenvalue weighted by Gasteiger charge is -2.27. The summed E-state index contributed by atoms with van der Waals surface area (Å²) in [6, 6.07) is 1.22. The molecule has 0 radical (unpaired) electrons. The number of hydrogen-bond acceptors (Lipinski definition) is 9. The molecule has 0 bridgehead atoms. The molecular weight excluding hydrogens is 398 g/mol. The van der Waals surface area contributed by atoms with Crippen LogP contribution in [0.3, 0.4) is 0 Å². The van der Waals surface area contributed by atoms with Gasteiger partial charge < -0.3 is 33.7 Å². The third-order valence-electron chi connectivity index (χ3n) is 4.16. The van der Waals surface area contributed by atoms with Crippen LogP contribution in [0.4, 0.5) is 5.69 Å². The Bertz CT molecular complexity index is 960. The van der Waals surface area contributed by atoms with Crippen molar-refractivity contribution in [2.75, 3.05) is 40.4 Å². The first-order chi connectivity index (χ1) is 14.4. The second-order valence-electron chi connectivity index (χ2n) is 5.66. The van der Waals surface area contributed by atoms with Crippen LogP contribution in [0.25, 0.3) is 0 Å². The van der Waals surface area contributed by atoms with E-state index in [4.69, 9.17) is 23.7 Å². The number of esters is 2. The van der Waals surface area contributed by atoms with Gasteiger partial charge >= 0.3 is 17.9 Å². The van der Waals surface area contributed by atoms with Crippen molar-refractivity contribution in [3.05, 3.63) is 47.3 Å². The van der Waals surface area contributed by atoms with Gasteiger partial charge in [0, 0.05) is 12.3 Å². The zero-order valence-corrected chi connectivity index (χ0v) is 17.0. The van der Waals surface area contributed by atoms with Crippen LogP contribution in [-0.2, 0) is 19.1 Å². The molecule has 2 rings (SSSR count). The van der Waals surface area contributed by atoms with Crippen molar-refractivity contribution in [1.29, 1.82) is 0 Å². The predicted molar refractivity (Wildman–Crippen MR) is 105 cm³/mol. The van der Waals surface area contributed by atoms with E-state index >= 15 is 0 Å². The summed E-state index contributed by atoms with van der Waals surface area (Å²) < 4.78 is 25.6.